The Kier molecular flexibility index (Phi) is 11.7. The summed E-state index contributed by atoms with van der Waals surface area (Å²) in [5.41, 5.74) is 0. The summed E-state index contributed by atoms with van der Waals surface area (Å²) in [6.45, 7) is 5.28. The summed E-state index contributed by atoms with van der Waals surface area (Å²) in [6, 6.07) is 0.133. The lowest BCUT2D eigenvalue weighted by Gasteiger charge is -2.27. The summed E-state index contributed by atoms with van der Waals surface area (Å²) in [7, 11) is 0. The van der Waals surface area contributed by atoms with E-state index >= 15 is 0 Å². The number of carbonyl (C=O) groups is 1. The predicted molar refractivity (Wildman–Crippen MR) is 100 cm³/mol. The number of carbonyl (C=O) groups excluding carboxylic acids is 3. The molecule has 0 bridgehead atoms. The molecule has 0 aromatic carbocycles. The molecule has 7 heteroatoms. The van der Waals surface area contributed by atoms with E-state index in [2.05, 4.69) is 27.2 Å². The summed E-state index contributed by atoms with van der Waals surface area (Å²) in [5.74, 6) is 0.816. The van der Waals surface area contributed by atoms with E-state index < -0.39 is 0 Å². The van der Waals surface area contributed by atoms with Crippen LogP contribution in [0.15, 0.2) is 22.6 Å². The zero-order valence-electron chi connectivity index (χ0n) is 15.4. The first-order valence-corrected chi connectivity index (χ1v) is 9.43. The van der Waals surface area contributed by atoms with Crippen LogP contribution in [0.5, 0.6) is 0 Å². The van der Waals surface area contributed by atoms with Crippen LogP contribution >= 0.6 is 0 Å². The molecule has 0 aliphatic heterocycles. The van der Waals surface area contributed by atoms with Gasteiger partial charge in [-0.2, -0.15) is 0 Å². The van der Waals surface area contributed by atoms with Crippen molar-refractivity contribution in [3.05, 3.63) is 12.7 Å². The number of nitrogens with zero attached hydrogens (tertiary/aromatic N) is 2. The van der Waals surface area contributed by atoms with E-state index in [9.17, 15) is 14.4 Å². The highest BCUT2D eigenvalue weighted by Gasteiger charge is 2.20. The van der Waals surface area contributed by atoms with Crippen LogP contribution in [0, 0.1) is 11.8 Å². The van der Waals surface area contributed by atoms with Crippen molar-refractivity contribution in [1.82, 2.24) is 10.6 Å². The van der Waals surface area contributed by atoms with Crippen molar-refractivity contribution in [3.63, 3.8) is 0 Å². The maximum absolute atomic E-state index is 12.0. The summed E-state index contributed by atoms with van der Waals surface area (Å²) in [5, 5.41) is 5.93. The molecule has 1 fully saturated rings. The molecule has 1 aliphatic carbocycles. The van der Waals surface area contributed by atoms with Crippen molar-refractivity contribution in [2.75, 3.05) is 19.6 Å². The second-order valence-corrected chi connectivity index (χ2v) is 6.80. The van der Waals surface area contributed by atoms with Gasteiger partial charge in [-0.15, -0.1) is 6.58 Å². The average Bonchev–Trinajstić information content (AvgIpc) is 2.66. The molecule has 1 rings (SSSR count). The summed E-state index contributed by atoms with van der Waals surface area (Å²) in [6.07, 6.45) is 12.5. The van der Waals surface area contributed by atoms with Gasteiger partial charge in [-0.1, -0.05) is 6.08 Å². The minimum absolute atomic E-state index is 0.116. The molecule has 26 heavy (non-hydrogen) atoms. The largest absolute Gasteiger partial charge is 0.338 e. The molecule has 0 saturated heterocycles. The van der Waals surface area contributed by atoms with Crippen molar-refractivity contribution < 1.29 is 14.4 Å². The van der Waals surface area contributed by atoms with Crippen LogP contribution in [0.3, 0.4) is 0 Å². The molecule has 1 saturated carbocycles. The highest BCUT2D eigenvalue weighted by molar-refractivity contribution is 5.74. The van der Waals surface area contributed by atoms with Crippen molar-refractivity contribution in [2.24, 2.45) is 21.8 Å². The third kappa shape index (κ3) is 9.92. The highest BCUT2D eigenvalue weighted by Crippen LogP contribution is 2.24. The van der Waals surface area contributed by atoms with Gasteiger partial charge in [0.25, 0.3) is 0 Å². The van der Waals surface area contributed by atoms with Crippen LogP contribution in [0.2, 0.25) is 0 Å². The van der Waals surface area contributed by atoms with Gasteiger partial charge in [0.2, 0.25) is 12.2 Å². The maximum atomic E-state index is 12.0. The van der Waals surface area contributed by atoms with E-state index in [1.165, 1.54) is 6.08 Å². The summed E-state index contributed by atoms with van der Waals surface area (Å²) >= 11 is 0. The summed E-state index contributed by atoms with van der Waals surface area (Å²) < 4.78 is 0. The standard InChI is InChI=1S/C19H30N4O3/c1-2-16-7-9-18(10-8-16)23-19(26)22-12-4-6-17(13-21-15-25)5-3-11-20-14-24/h2,16-18H,1,3-13H2,(H2,22,23,26). The van der Waals surface area contributed by atoms with Gasteiger partial charge in [-0.3, -0.25) is 0 Å². The molecular formula is C19H30N4O3. The zero-order valence-corrected chi connectivity index (χ0v) is 15.4. The van der Waals surface area contributed by atoms with E-state index in [1.54, 1.807) is 6.08 Å². The Morgan fingerprint density at radius 1 is 1.12 bits per heavy atom. The fourth-order valence-electron chi connectivity index (χ4n) is 3.33. The minimum atomic E-state index is -0.116. The molecule has 144 valence electrons. The van der Waals surface area contributed by atoms with E-state index in [1.807, 2.05) is 6.08 Å². The Balaban J connectivity index is 2.18. The van der Waals surface area contributed by atoms with Crippen LogP contribution in [0.25, 0.3) is 0 Å². The predicted octanol–water partition coefficient (Wildman–Crippen LogP) is 2.88. The molecule has 0 aromatic rings. The lowest BCUT2D eigenvalue weighted by molar-refractivity contribution is 0.229. The highest BCUT2D eigenvalue weighted by atomic mass is 16.2. The third-order valence-corrected chi connectivity index (χ3v) is 4.88. The van der Waals surface area contributed by atoms with E-state index in [-0.39, 0.29) is 18.0 Å². The van der Waals surface area contributed by atoms with Gasteiger partial charge in [0.05, 0.1) is 13.1 Å². The van der Waals surface area contributed by atoms with Gasteiger partial charge in [0, 0.05) is 12.6 Å². The number of rotatable bonds is 12. The van der Waals surface area contributed by atoms with Gasteiger partial charge in [-0.05, 0) is 63.2 Å². The topological polar surface area (TPSA) is 100.0 Å². The average molecular weight is 362 g/mol. The molecule has 2 N–H and O–H groups in total. The molecule has 7 nitrogen and oxygen atoms in total. The number of nitrogens with one attached hydrogen (secondary N) is 2. The lowest BCUT2D eigenvalue weighted by atomic mass is 9.86. The molecule has 1 atom stereocenters. The van der Waals surface area contributed by atoms with E-state index in [0.717, 1.165) is 51.4 Å². The number of isocyanates is 2. The van der Waals surface area contributed by atoms with Crippen molar-refractivity contribution >= 4 is 18.2 Å². The third-order valence-electron chi connectivity index (χ3n) is 4.88. The minimum Gasteiger partial charge on any atom is -0.338 e. The molecule has 0 spiro atoms. The van der Waals surface area contributed by atoms with Crippen molar-refractivity contribution in [2.45, 2.75) is 57.4 Å². The molecule has 1 unspecified atom stereocenters. The number of hydrogen-bond acceptors (Lipinski definition) is 5. The fourth-order valence-corrected chi connectivity index (χ4v) is 3.33. The van der Waals surface area contributed by atoms with Crippen molar-refractivity contribution in [3.8, 4) is 0 Å². The second kappa shape index (κ2) is 14.0. The number of amides is 2. The number of urea groups is 1. The zero-order chi connectivity index (χ0) is 19.0. The van der Waals surface area contributed by atoms with Crippen LogP contribution < -0.4 is 10.6 Å². The second-order valence-electron chi connectivity index (χ2n) is 6.80. The van der Waals surface area contributed by atoms with Gasteiger partial charge in [0.1, 0.15) is 0 Å². The van der Waals surface area contributed by atoms with Crippen LogP contribution in [0.4, 0.5) is 4.79 Å². The Morgan fingerprint density at radius 3 is 2.46 bits per heavy atom. The normalized spacial score (nSPS) is 20.2. The number of aliphatic imine (C=N–C) groups is 2. The Hall–Kier alpha value is -2.23. The SMILES string of the molecule is C=CC1CCC(NC(=O)NCCCC(CCCN=C=O)CN=C=O)CC1. The molecule has 0 radical (unpaired) electrons. The van der Waals surface area contributed by atoms with Crippen LogP contribution in [-0.2, 0) is 9.59 Å². The first-order chi connectivity index (χ1) is 12.7. The summed E-state index contributed by atoms with van der Waals surface area (Å²) in [4.78, 5) is 39.5. The molecule has 0 aromatic heterocycles. The van der Waals surface area contributed by atoms with Gasteiger partial charge < -0.3 is 10.6 Å². The number of hydrogen-bond donors (Lipinski definition) is 2. The molecule has 0 heterocycles. The molecule has 1 aliphatic rings. The maximum Gasteiger partial charge on any atom is 0.315 e. The van der Waals surface area contributed by atoms with Crippen molar-refractivity contribution in [1.29, 1.82) is 0 Å². The lowest BCUT2D eigenvalue weighted by Crippen LogP contribution is -2.43. The van der Waals surface area contributed by atoms with Gasteiger partial charge in [0.15, 0.2) is 0 Å². The smallest absolute Gasteiger partial charge is 0.315 e. The number of allylic oxidation sites excluding steroid dienone is 1. The quantitative estimate of drug-likeness (QED) is 0.242. The Bertz CT molecular complexity index is 517. The van der Waals surface area contributed by atoms with Gasteiger partial charge in [-0.25, -0.2) is 24.4 Å². The molecule has 2 amide bonds. The monoisotopic (exact) mass is 362 g/mol. The van der Waals surface area contributed by atoms with E-state index in [0.29, 0.717) is 25.6 Å². The first kappa shape index (κ1) is 21.8. The van der Waals surface area contributed by atoms with Crippen LogP contribution in [0.1, 0.15) is 51.4 Å². The van der Waals surface area contributed by atoms with E-state index in [4.69, 9.17) is 0 Å². The first-order valence-electron chi connectivity index (χ1n) is 9.43. The Labute approximate surface area is 155 Å². The van der Waals surface area contributed by atoms with Crippen LogP contribution in [-0.4, -0.2) is 43.9 Å². The fraction of sp³-hybridized carbons (Fsp3) is 0.737. The van der Waals surface area contributed by atoms with Gasteiger partial charge >= 0.3 is 6.03 Å². The molecular weight excluding hydrogens is 332 g/mol. The Morgan fingerprint density at radius 2 is 1.81 bits per heavy atom.